The number of benzene rings is 1. The Bertz CT molecular complexity index is 740. The fourth-order valence-electron chi connectivity index (χ4n) is 3.24. The van der Waals surface area contributed by atoms with Crippen molar-refractivity contribution in [3.05, 3.63) is 29.8 Å². The summed E-state index contributed by atoms with van der Waals surface area (Å²) in [5.74, 6) is -0.490. The number of aryl methyl sites for hydroxylation is 1. The van der Waals surface area contributed by atoms with E-state index in [1.807, 2.05) is 20.8 Å². The van der Waals surface area contributed by atoms with Gasteiger partial charge in [0, 0.05) is 0 Å². The fourth-order valence-corrected chi connectivity index (χ4v) is 5.31. The minimum absolute atomic E-state index is 0.0766. The van der Waals surface area contributed by atoms with Crippen LogP contribution in [0.25, 0.3) is 0 Å². The van der Waals surface area contributed by atoms with Crippen LogP contribution in [0, 0.1) is 12.3 Å². The molecule has 0 fully saturated rings. The summed E-state index contributed by atoms with van der Waals surface area (Å²) in [5, 5.41) is 0. The van der Waals surface area contributed by atoms with Crippen molar-refractivity contribution in [2.75, 3.05) is 7.11 Å². The third-order valence-electron chi connectivity index (χ3n) is 5.91. The molecule has 0 aliphatic carbocycles. The van der Waals surface area contributed by atoms with Crippen molar-refractivity contribution in [1.82, 2.24) is 0 Å². The van der Waals surface area contributed by atoms with Gasteiger partial charge in [-0.2, -0.15) is 0 Å². The molecule has 4 nitrogen and oxygen atoms in total. The molecule has 6 heteroatoms. The van der Waals surface area contributed by atoms with Gasteiger partial charge >= 0.3 is 5.97 Å². The van der Waals surface area contributed by atoms with Gasteiger partial charge in [0.25, 0.3) is 0 Å². The Kier molecular flexibility index (Phi) is 6.97. The number of alkyl halides is 1. The average Bonchev–Trinajstić information content (AvgIpc) is 2.60. The van der Waals surface area contributed by atoms with E-state index in [1.165, 1.54) is 7.11 Å². The first-order valence-electron chi connectivity index (χ1n) is 8.90. The maximum atomic E-state index is 13.4. The smallest absolute Gasteiger partial charge is 0.313 e. The lowest BCUT2D eigenvalue weighted by molar-refractivity contribution is -0.155. The molecule has 0 amide bonds. The van der Waals surface area contributed by atoms with Crippen molar-refractivity contribution in [3.8, 4) is 0 Å². The van der Waals surface area contributed by atoms with Gasteiger partial charge in [-0.15, -0.1) is 11.6 Å². The highest BCUT2D eigenvalue weighted by Crippen LogP contribution is 2.49. The molecule has 0 saturated heterocycles. The molecule has 0 bridgehead atoms. The molecule has 0 heterocycles. The Morgan fingerprint density at radius 2 is 1.58 bits per heavy atom. The molecule has 0 N–H and O–H groups in total. The maximum absolute atomic E-state index is 13.4. The molecule has 0 aliphatic heterocycles. The first kappa shape index (κ1) is 23.0. The molecule has 1 aromatic carbocycles. The molecule has 0 spiro atoms. The minimum atomic E-state index is -3.68. The number of hydrogen-bond donors (Lipinski definition) is 0. The van der Waals surface area contributed by atoms with Crippen LogP contribution >= 0.6 is 11.6 Å². The molecule has 0 aliphatic rings. The topological polar surface area (TPSA) is 60.4 Å². The summed E-state index contributed by atoms with van der Waals surface area (Å²) < 4.78 is 30.7. The number of hydrogen-bond acceptors (Lipinski definition) is 4. The molecule has 148 valence electrons. The highest BCUT2D eigenvalue weighted by atomic mass is 35.5. The predicted molar refractivity (Wildman–Crippen MR) is 106 cm³/mol. The molecule has 3 unspecified atom stereocenters. The van der Waals surface area contributed by atoms with Crippen LogP contribution in [0.1, 0.15) is 59.4 Å². The van der Waals surface area contributed by atoms with Crippen molar-refractivity contribution in [3.63, 3.8) is 0 Å². The van der Waals surface area contributed by atoms with Crippen LogP contribution in [0.2, 0.25) is 0 Å². The van der Waals surface area contributed by atoms with Crippen molar-refractivity contribution in [2.45, 2.75) is 75.3 Å². The second-order valence-electron chi connectivity index (χ2n) is 7.67. The summed E-state index contributed by atoms with van der Waals surface area (Å²) in [5.41, 5.74) is -0.165. The first-order valence-corrected chi connectivity index (χ1v) is 10.8. The second-order valence-corrected chi connectivity index (χ2v) is 11.0. The Labute approximate surface area is 163 Å². The van der Waals surface area contributed by atoms with E-state index >= 15 is 0 Å². The number of esters is 1. The van der Waals surface area contributed by atoms with Gasteiger partial charge in [0.15, 0.2) is 9.84 Å². The first-order chi connectivity index (χ1) is 11.8. The molecule has 1 aromatic rings. The lowest BCUT2D eigenvalue weighted by Crippen LogP contribution is -2.52. The van der Waals surface area contributed by atoms with E-state index in [9.17, 15) is 13.2 Å². The number of carbonyl (C=O) groups is 1. The van der Waals surface area contributed by atoms with Gasteiger partial charge in [0.1, 0.15) is 0 Å². The Morgan fingerprint density at radius 3 is 1.96 bits per heavy atom. The van der Waals surface area contributed by atoms with E-state index < -0.39 is 30.8 Å². The molecule has 0 saturated carbocycles. The van der Waals surface area contributed by atoms with Crippen LogP contribution < -0.4 is 0 Å². The van der Waals surface area contributed by atoms with Crippen molar-refractivity contribution < 1.29 is 17.9 Å². The minimum Gasteiger partial charge on any atom is -0.469 e. The zero-order valence-corrected chi connectivity index (χ0v) is 18.4. The summed E-state index contributed by atoms with van der Waals surface area (Å²) in [4.78, 5) is 12.0. The summed E-state index contributed by atoms with van der Waals surface area (Å²) in [6.45, 7) is 10.8. The number of halogens is 1. The maximum Gasteiger partial charge on any atom is 0.313 e. The zero-order chi connectivity index (χ0) is 20.4. The number of rotatable bonds is 8. The van der Waals surface area contributed by atoms with Crippen LogP contribution in [-0.4, -0.2) is 31.1 Å². The van der Waals surface area contributed by atoms with Gasteiger partial charge in [0.05, 0.1) is 27.0 Å². The average molecular weight is 403 g/mol. The van der Waals surface area contributed by atoms with Gasteiger partial charge < -0.3 is 4.74 Å². The molecule has 26 heavy (non-hydrogen) atoms. The zero-order valence-electron chi connectivity index (χ0n) is 16.8. The van der Waals surface area contributed by atoms with E-state index in [0.29, 0.717) is 12.8 Å². The quantitative estimate of drug-likeness (QED) is 0.457. The van der Waals surface area contributed by atoms with Crippen LogP contribution in [0.15, 0.2) is 29.2 Å². The Hall–Kier alpha value is -1.07. The predicted octanol–water partition coefficient (Wildman–Crippen LogP) is 4.91. The summed E-state index contributed by atoms with van der Waals surface area (Å²) in [6, 6.07) is 6.79. The number of methoxy groups -OCH3 is 1. The highest BCUT2D eigenvalue weighted by molar-refractivity contribution is 7.92. The normalized spacial score (nSPS) is 19.1. The highest BCUT2D eigenvalue weighted by Gasteiger charge is 2.55. The van der Waals surface area contributed by atoms with E-state index in [0.717, 1.165) is 5.56 Å². The van der Waals surface area contributed by atoms with Crippen molar-refractivity contribution >= 4 is 27.4 Å². The van der Waals surface area contributed by atoms with E-state index in [1.54, 1.807) is 45.0 Å². The lowest BCUT2D eigenvalue weighted by Gasteiger charge is -2.44. The van der Waals surface area contributed by atoms with Crippen molar-refractivity contribution in [1.29, 1.82) is 0 Å². The SMILES string of the molecule is CCC(C)(Cl)C(C)(CC(C)(CC)S(=O)(=O)c1ccc(C)cc1)C(=O)OC. The molecular formula is C20H31ClO4S. The van der Waals surface area contributed by atoms with Gasteiger partial charge in [-0.05, 0) is 59.1 Å². The van der Waals surface area contributed by atoms with E-state index in [-0.39, 0.29) is 11.3 Å². The third kappa shape index (κ3) is 3.94. The third-order valence-corrected chi connectivity index (χ3v) is 9.21. The summed E-state index contributed by atoms with van der Waals surface area (Å²) >= 11 is 6.69. The summed E-state index contributed by atoms with van der Waals surface area (Å²) in [7, 11) is -2.37. The monoisotopic (exact) mass is 402 g/mol. The van der Waals surface area contributed by atoms with Gasteiger partial charge in [-0.25, -0.2) is 8.42 Å². The largest absolute Gasteiger partial charge is 0.469 e. The molecule has 1 rings (SSSR count). The number of sulfone groups is 1. The van der Waals surface area contributed by atoms with Crippen molar-refractivity contribution in [2.24, 2.45) is 5.41 Å². The van der Waals surface area contributed by atoms with Crippen LogP contribution in [0.5, 0.6) is 0 Å². The number of carbonyl (C=O) groups excluding carboxylic acids is 1. The standard InChI is InChI=1S/C20H31ClO4S/c1-8-18(4,26(23,24)16-12-10-15(3)11-13-16)14-19(5,17(22)25-7)20(6,21)9-2/h10-13H,8-9,14H2,1-7H3. The lowest BCUT2D eigenvalue weighted by atomic mass is 9.69. The van der Waals surface area contributed by atoms with E-state index in [4.69, 9.17) is 16.3 Å². The van der Waals surface area contributed by atoms with Gasteiger partial charge in [-0.3, -0.25) is 4.79 Å². The number of ether oxygens (including phenoxy) is 1. The van der Waals surface area contributed by atoms with Gasteiger partial charge in [-0.1, -0.05) is 31.5 Å². The van der Waals surface area contributed by atoms with Crippen LogP contribution in [-0.2, 0) is 19.4 Å². The van der Waals surface area contributed by atoms with E-state index in [2.05, 4.69) is 0 Å². The molecule has 0 radical (unpaired) electrons. The second kappa shape index (κ2) is 7.89. The Balaban J connectivity index is 3.50. The molecule has 0 aromatic heterocycles. The Morgan fingerprint density at radius 1 is 1.08 bits per heavy atom. The molecular weight excluding hydrogens is 372 g/mol. The molecule has 3 atom stereocenters. The summed E-state index contributed by atoms with van der Waals surface area (Å²) in [6.07, 6.45) is 0.935. The fraction of sp³-hybridized carbons (Fsp3) is 0.650. The van der Waals surface area contributed by atoms with Gasteiger partial charge in [0.2, 0.25) is 0 Å². The van der Waals surface area contributed by atoms with Crippen LogP contribution in [0.4, 0.5) is 0 Å². The van der Waals surface area contributed by atoms with Crippen LogP contribution in [0.3, 0.4) is 0 Å².